The number of benzene rings is 1. The molecule has 1 aromatic carbocycles. The third-order valence-corrected chi connectivity index (χ3v) is 3.50. The minimum Gasteiger partial charge on any atom is -0.382 e. The van der Waals surface area contributed by atoms with Crippen molar-refractivity contribution in [3.63, 3.8) is 0 Å². The Labute approximate surface area is 127 Å². The molecular weight excluding hydrogens is 264 g/mol. The fraction of sp³-hybridized carbons (Fsp3) is 0.529. The molecule has 21 heavy (non-hydrogen) atoms. The van der Waals surface area contributed by atoms with Gasteiger partial charge in [-0.15, -0.1) is 0 Å². The molecule has 0 radical (unpaired) electrons. The summed E-state index contributed by atoms with van der Waals surface area (Å²) >= 11 is 0. The minimum absolute atomic E-state index is 0.652. The van der Waals surface area contributed by atoms with E-state index in [9.17, 15) is 0 Å². The number of rotatable bonds is 10. The molecule has 1 heterocycles. The van der Waals surface area contributed by atoms with E-state index in [-0.39, 0.29) is 0 Å². The van der Waals surface area contributed by atoms with Crippen LogP contribution in [0.4, 0.5) is 0 Å². The van der Waals surface area contributed by atoms with Crippen molar-refractivity contribution in [3.05, 3.63) is 36.0 Å². The van der Waals surface area contributed by atoms with Crippen LogP contribution in [0.25, 0.3) is 10.9 Å². The summed E-state index contributed by atoms with van der Waals surface area (Å²) in [5.41, 5.74) is 2.61. The van der Waals surface area contributed by atoms with Crippen molar-refractivity contribution in [3.8, 4) is 0 Å². The third-order valence-electron chi connectivity index (χ3n) is 3.50. The van der Waals surface area contributed by atoms with Gasteiger partial charge in [0.2, 0.25) is 0 Å². The van der Waals surface area contributed by atoms with E-state index in [4.69, 9.17) is 9.47 Å². The summed E-state index contributed by atoms with van der Waals surface area (Å²) in [6.07, 6.45) is 3.30. The quantitative estimate of drug-likeness (QED) is 0.683. The Bertz CT molecular complexity index is 537. The SMILES string of the molecule is CCCNCc1ccc2ccn(CCOCCOC)c2c1. The van der Waals surface area contributed by atoms with E-state index in [1.165, 1.54) is 16.5 Å². The molecule has 0 spiro atoms. The first-order valence-corrected chi connectivity index (χ1v) is 7.70. The maximum Gasteiger partial charge on any atom is 0.0701 e. The third kappa shape index (κ3) is 4.84. The van der Waals surface area contributed by atoms with E-state index in [0.717, 1.165) is 26.1 Å². The van der Waals surface area contributed by atoms with Crippen molar-refractivity contribution in [1.29, 1.82) is 0 Å². The zero-order chi connectivity index (χ0) is 14.9. The fourth-order valence-electron chi connectivity index (χ4n) is 2.35. The van der Waals surface area contributed by atoms with Crippen LogP contribution in [0, 0.1) is 0 Å². The predicted octanol–water partition coefficient (Wildman–Crippen LogP) is 2.80. The van der Waals surface area contributed by atoms with Gasteiger partial charge in [0.15, 0.2) is 0 Å². The second kappa shape index (κ2) is 8.82. The van der Waals surface area contributed by atoms with Gasteiger partial charge < -0.3 is 19.4 Å². The van der Waals surface area contributed by atoms with Gasteiger partial charge in [-0.05, 0) is 36.0 Å². The highest BCUT2D eigenvalue weighted by atomic mass is 16.5. The van der Waals surface area contributed by atoms with Crippen LogP contribution in [0.2, 0.25) is 0 Å². The predicted molar refractivity (Wildman–Crippen MR) is 86.6 cm³/mol. The molecule has 0 fully saturated rings. The molecular formula is C17H26N2O2. The molecule has 0 aliphatic heterocycles. The van der Waals surface area contributed by atoms with E-state index in [1.54, 1.807) is 7.11 Å². The van der Waals surface area contributed by atoms with Gasteiger partial charge >= 0.3 is 0 Å². The molecule has 4 heteroatoms. The van der Waals surface area contributed by atoms with Gasteiger partial charge in [-0.25, -0.2) is 0 Å². The molecule has 0 aliphatic carbocycles. The van der Waals surface area contributed by atoms with Crippen molar-refractivity contribution in [2.45, 2.75) is 26.4 Å². The molecule has 0 aliphatic rings. The molecule has 0 saturated carbocycles. The molecule has 2 aromatic rings. The van der Waals surface area contributed by atoms with E-state index in [2.05, 4.69) is 47.3 Å². The number of nitrogens with zero attached hydrogens (tertiary/aromatic N) is 1. The lowest BCUT2D eigenvalue weighted by molar-refractivity contribution is 0.0670. The number of methoxy groups -OCH3 is 1. The number of hydrogen-bond acceptors (Lipinski definition) is 3. The number of fused-ring (bicyclic) bond motifs is 1. The Kier molecular flexibility index (Phi) is 6.73. The van der Waals surface area contributed by atoms with E-state index in [1.807, 2.05) is 0 Å². The Morgan fingerprint density at radius 1 is 1.14 bits per heavy atom. The molecule has 1 aromatic heterocycles. The topological polar surface area (TPSA) is 35.4 Å². The van der Waals surface area contributed by atoms with Crippen LogP contribution in [0.1, 0.15) is 18.9 Å². The van der Waals surface area contributed by atoms with Crippen LogP contribution in [-0.2, 0) is 22.6 Å². The second-order valence-electron chi connectivity index (χ2n) is 5.18. The van der Waals surface area contributed by atoms with E-state index < -0.39 is 0 Å². The Hall–Kier alpha value is -1.36. The van der Waals surface area contributed by atoms with Gasteiger partial charge in [-0.1, -0.05) is 19.1 Å². The highest BCUT2D eigenvalue weighted by Crippen LogP contribution is 2.17. The molecule has 2 rings (SSSR count). The molecule has 0 bridgehead atoms. The summed E-state index contributed by atoms with van der Waals surface area (Å²) in [4.78, 5) is 0. The first-order valence-electron chi connectivity index (χ1n) is 7.70. The lowest BCUT2D eigenvalue weighted by Gasteiger charge is -2.08. The van der Waals surface area contributed by atoms with Crippen LogP contribution in [0.3, 0.4) is 0 Å². The second-order valence-corrected chi connectivity index (χ2v) is 5.18. The summed E-state index contributed by atoms with van der Waals surface area (Å²) in [7, 11) is 1.69. The van der Waals surface area contributed by atoms with Gasteiger partial charge in [-0.3, -0.25) is 0 Å². The normalized spacial score (nSPS) is 11.3. The molecule has 4 nitrogen and oxygen atoms in total. The average molecular weight is 290 g/mol. The zero-order valence-corrected chi connectivity index (χ0v) is 13.1. The van der Waals surface area contributed by atoms with E-state index in [0.29, 0.717) is 19.8 Å². The largest absolute Gasteiger partial charge is 0.382 e. The lowest BCUT2D eigenvalue weighted by Crippen LogP contribution is -2.13. The van der Waals surface area contributed by atoms with Crippen molar-refractivity contribution >= 4 is 10.9 Å². The fourth-order valence-corrected chi connectivity index (χ4v) is 2.35. The van der Waals surface area contributed by atoms with Crippen LogP contribution < -0.4 is 5.32 Å². The molecule has 0 unspecified atom stereocenters. The number of nitrogens with one attached hydrogen (secondary N) is 1. The molecule has 0 atom stereocenters. The number of hydrogen-bond donors (Lipinski definition) is 1. The van der Waals surface area contributed by atoms with Crippen LogP contribution in [0.5, 0.6) is 0 Å². The molecule has 116 valence electrons. The van der Waals surface area contributed by atoms with Crippen molar-refractivity contribution in [1.82, 2.24) is 9.88 Å². The summed E-state index contributed by atoms with van der Waals surface area (Å²) in [5, 5.41) is 4.73. The van der Waals surface area contributed by atoms with Crippen molar-refractivity contribution < 1.29 is 9.47 Å². The molecule has 0 amide bonds. The Balaban J connectivity index is 1.94. The smallest absolute Gasteiger partial charge is 0.0701 e. The van der Waals surface area contributed by atoms with Gasteiger partial charge in [0.25, 0.3) is 0 Å². The van der Waals surface area contributed by atoms with Gasteiger partial charge in [0.05, 0.1) is 19.8 Å². The highest BCUT2D eigenvalue weighted by molar-refractivity contribution is 5.80. The zero-order valence-electron chi connectivity index (χ0n) is 13.1. The monoisotopic (exact) mass is 290 g/mol. The number of aromatic nitrogens is 1. The maximum absolute atomic E-state index is 5.55. The maximum atomic E-state index is 5.55. The van der Waals surface area contributed by atoms with Crippen LogP contribution >= 0.6 is 0 Å². The van der Waals surface area contributed by atoms with Crippen LogP contribution in [-0.4, -0.2) is 38.0 Å². The summed E-state index contributed by atoms with van der Waals surface area (Å²) in [5.74, 6) is 0. The van der Waals surface area contributed by atoms with Gasteiger partial charge in [0.1, 0.15) is 0 Å². The Morgan fingerprint density at radius 2 is 2.05 bits per heavy atom. The van der Waals surface area contributed by atoms with Crippen molar-refractivity contribution in [2.24, 2.45) is 0 Å². The first-order chi connectivity index (χ1) is 10.3. The lowest BCUT2D eigenvalue weighted by atomic mass is 10.1. The Morgan fingerprint density at radius 3 is 2.86 bits per heavy atom. The summed E-state index contributed by atoms with van der Waals surface area (Å²) in [6, 6.07) is 8.83. The van der Waals surface area contributed by atoms with Gasteiger partial charge in [-0.2, -0.15) is 0 Å². The standard InChI is InChI=1S/C17H26N2O2/c1-3-7-18-14-15-4-5-16-6-8-19(17(16)13-15)9-10-21-12-11-20-2/h4-6,8,13,18H,3,7,9-12,14H2,1-2H3. The van der Waals surface area contributed by atoms with Crippen molar-refractivity contribution in [2.75, 3.05) is 33.5 Å². The summed E-state index contributed by atoms with van der Waals surface area (Å²) in [6.45, 7) is 7.07. The first kappa shape index (κ1) is 16.0. The molecule has 0 saturated heterocycles. The minimum atomic E-state index is 0.652. The average Bonchev–Trinajstić information content (AvgIpc) is 2.90. The highest BCUT2D eigenvalue weighted by Gasteiger charge is 2.02. The van der Waals surface area contributed by atoms with Gasteiger partial charge in [0, 0.05) is 31.9 Å². The van der Waals surface area contributed by atoms with Crippen LogP contribution in [0.15, 0.2) is 30.5 Å². The molecule has 1 N–H and O–H groups in total. The van der Waals surface area contributed by atoms with E-state index >= 15 is 0 Å². The summed E-state index contributed by atoms with van der Waals surface area (Å²) < 4.78 is 12.8. The number of ether oxygens (including phenoxy) is 2.